The third-order valence-corrected chi connectivity index (χ3v) is 5.18. The SMILES string of the molecule is CCOc1ccc(NC(=O)CN2C[C@@H]3CCC[C@@]3(C(=O)O)C2)cc1.Cl. The maximum absolute atomic E-state index is 12.2. The van der Waals surface area contributed by atoms with Crippen molar-refractivity contribution in [2.75, 3.05) is 31.6 Å². The Morgan fingerprint density at radius 2 is 2.08 bits per heavy atom. The molecule has 1 aromatic carbocycles. The van der Waals surface area contributed by atoms with E-state index in [0.717, 1.165) is 30.7 Å². The Bertz CT molecular complexity index is 622. The van der Waals surface area contributed by atoms with Crippen LogP contribution in [0.2, 0.25) is 0 Å². The Hall–Kier alpha value is -1.79. The number of hydrogen-bond acceptors (Lipinski definition) is 4. The summed E-state index contributed by atoms with van der Waals surface area (Å²) in [6, 6.07) is 7.25. The summed E-state index contributed by atoms with van der Waals surface area (Å²) in [5.74, 6) is 0.124. The van der Waals surface area contributed by atoms with Crippen molar-refractivity contribution in [3.05, 3.63) is 24.3 Å². The second-order valence-corrected chi connectivity index (χ2v) is 6.73. The number of benzene rings is 1. The number of aliphatic carboxylic acids is 1. The maximum Gasteiger partial charge on any atom is 0.311 e. The van der Waals surface area contributed by atoms with Crippen LogP contribution in [0.3, 0.4) is 0 Å². The fourth-order valence-electron chi connectivity index (χ4n) is 4.07. The lowest BCUT2D eigenvalue weighted by Gasteiger charge is -2.23. The number of rotatable bonds is 6. The van der Waals surface area contributed by atoms with Gasteiger partial charge in [0.05, 0.1) is 18.6 Å². The lowest BCUT2D eigenvalue weighted by molar-refractivity contribution is -0.149. The van der Waals surface area contributed by atoms with Crippen molar-refractivity contribution < 1.29 is 19.4 Å². The van der Waals surface area contributed by atoms with Crippen LogP contribution in [0.5, 0.6) is 5.75 Å². The number of likely N-dealkylation sites (tertiary alicyclic amines) is 1. The zero-order valence-corrected chi connectivity index (χ0v) is 15.2. The normalized spacial score (nSPS) is 25.1. The highest BCUT2D eigenvalue weighted by molar-refractivity contribution is 5.92. The molecule has 0 radical (unpaired) electrons. The van der Waals surface area contributed by atoms with E-state index in [9.17, 15) is 14.7 Å². The van der Waals surface area contributed by atoms with Crippen LogP contribution in [0.1, 0.15) is 26.2 Å². The number of anilines is 1. The average molecular weight is 369 g/mol. The van der Waals surface area contributed by atoms with Crippen LogP contribution in [-0.4, -0.2) is 48.1 Å². The zero-order chi connectivity index (χ0) is 17.2. The second kappa shape index (κ2) is 8.06. The molecule has 2 fully saturated rings. The second-order valence-electron chi connectivity index (χ2n) is 6.73. The van der Waals surface area contributed by atoms with Gasteiger partial charge in [-0.05, 0) is 49.9 Å². The van der Waals surface area contributed by atoms with E-state index in [2.05, 4.69) is 5.32 Å². The summed E-state index contributed by atoms with van der Waals surface area (Å²) in [4.78, 5) is 25.9. The summed E-state index contributed by atoms with van der Waals surface area (Å²) < 4.78 is 5.37. The summed E-state index contributed by atoms with van der Waals surface area (Å²) >= 11 is 0. The van der Waals surface area contributed by atoms with Crippen molar-refractivity contribution in [1.82, 2.24) is 4.90 Å². The Morgan fingerprint density at radius 3 is 2.68 bits per heavy atom. The highest BCUT2D eigenvalue weighted by Crippen LogP contribution is 2.48. The number of fused-ring (bicyclic) bond motifs is 1. The predicted molar refractivity (Wildman–Crippen MR) is 97.3 cm³/mol. The standard InChI is InChI=1S/C18H24N2O4.ClH/c1-2-24-15-7-5-14(6-8-15)19-16(21)11-20-10-13-4-3-9-18(13,12-20)17(22)23;/h5-8,13H,2-4,9-12H2,1H3,(H,19,21)(H,22,23);1H/t13-,18+;/m0./s1. The van der Waals surface area contributed by atoms with Gasteiger partial charge in [-0.1, -0.05) is 6.42 Å². The van der Waals surface area contributed by atoms with Crippen LogP contribution in [0.4, 0.5) is 5.69 Å². The number of nitrogens with one attached hydrogen (secondary N) is 1. The van der Waals surface area contributed by atoms with Crippen molar-refractivity contribution in [3.8, 4) is 5.75 Å². The minimum atomic E-state index is -0.709. The van der Waals surface area contributed by atoms with E-state index in [0.29, 0.717) is 19.7 Å². The third-order valence-electron chi connectivity index (χ3n) is 5.18. The van der Waals surface area contributed by atoms with Gasteiger partial charge < -0.3 is 15.2 Å². The first-order chi connectivity index (χ1) is 11.5. The molecule has 7 heteroatoms. The number of carbonyl (C=O) groups is 2. The molecule has 1 heterocycles. The van der Waals surface area contributed by atoms with E-state index in [1.54, 1.807) is 12.1 Å². The molecule has 0 spiro atoms. The molecule has 2 aliphatic rings. The van der Waals surface area contributed by atoms with Crippen LogP contribution in [0.15, 0.2) is 24.3 Å². The van der Waals surface area contributed by atoms with Crippen molar-refractivity contribution in [3.63, 3.8) is 0 Å². The van der Waals surface area contributed by atoms with Gasteiger partial charge in [-0.3, -0.25) is 14.5 Å². The fourth-order valence-corrected chi connectivity index (χ4v) is 4.07. The molecular formula is C18H25ClN2O4. The van der Waals surface area contributed by atoms with Gasteiger partial charge in [-0.2, -0.15) is 0 Å². The van der Waals surface area contributed by atoms with Crippen molar-refractivity contribution in [2.45, 2.75) is 26.2 Å². The number of hydrogen-bond donors (Lipinski definition) is 2. The summed E-state index contributed by atoms with van der Waals surface area (Å²) in [6.45, 7) is 3.93. The molecular weight excluding hydrogens is 344 g/mol. The average Bonchev–Trinajstić information content (AvgIpc) is 3.07. The number of carboxylic acid groups (broad SMARTS) is 1. The van der Waals surface area contributed by atoms with Gasteiger partial charge >= 0.3 is 5.97 Å². The van der Waals surface area contributed by atoms with Crippen molar-refractivity contribution >= 4 is 30.0 Å². The zero-order valence-electron chi connectivity index (χ0n) is 14.4. The number of ether oxygens (including phenoxy) is 1. The van der Waals surface area contributed by atoms with Gasteiger partial charge in [0, 0.05) is 18.8 Å². The van der Waals surface area contributed by atoms with Crippen LogP contribution in [0.25, 0.3) is 0 Å². The lowest BCUT2D eigenvalue weighted by atomic mass is 9.81. The third kappa shape index (κ3) is 4.07. The summed E-state index contributed by atoms with van der Waals surface area (Å²) in [7, 11) is 0. The predicted octanol–water partition coefficient (Wildman–Crippen LogP) is 2.63. The summed E-state index contributed by atoms with van der Waals surface area (Å²) in [5, 5.41) is 12.5. The quantitative estimate of drug-likeness (QED) is 0.807. The Balaban J connectivity index is 0.00000225. The number of carbonyl (C=O) groups excluding carboxylic acids is 1. The molecule has 25 heavy (non-hydrogen) atoms. The first-order valence-corrected chi connectivity index (χ1v) is 8.52. The molecule has 0 aromatic heterocycles. The molecule has 1 saturated heterocycles. The molecule has 3 rings (SSSR count). The van der Waals surface area contributed by atoms with Crippen molar-refractivity contribution in [2.24, 2.45) is 11.3 Å². The van der Waals surface area contributed by atoms with Crippen LogP contribution in [0, 0.1) is 11.3 Å². The molecule has 138 valence electrons. The van der Waals surface area contributed by atoms with Crippen LogP contribution in [-0.2, 0) is 9.59 Å². The molecule has 1 aromatic rings. The Morgan fingerprint density at radius 1 is 1.36 bits per heavy atom. The monoisotopic (exact) mass is 368 g/mol. The summed E-state index contributed by atoms with van der Waals surface area (Å²) in [5.41, 5.74) is 0.0789. The smallest absolute Gasteiger partial charge is 0.311 e. The van der Waals surface area contributed by atoms with E-state index in [1.807, 2.05) is 24.0 Å². The molecule has 0 bridgehead atoms. The number of halogens is 1. The molecule has 1 aliphatic heterocycles. The number of nitrogens with zero attached hydrogens (tertiary/aromatic N) is 1. The molecule has 2 N–H and O–H groups in total. The van der Waals surface area contributed by atoms with Crippen LogP contribution < -0.4 is 10.1 Å². The van der Waals surface area contributed by atoms with E-state index in [1.165, 1.54) is 0 Å². The van der Waals surface area contributed by atoms with Gasteiger partial charge in [-0.25, -0.2) is 0 Å². The summed E-state index contributed by atoms with van der Waals surface area (Å²) in [6.07, 6.45) is 2.65. The first-order valence-electron chi connectivity index (χ1n) is 8.52. The van der Waals surface area contributed by atoms with Gasteiger partial charge in [0.15, 0.2) is 0 Å². The first kappa shape index (κ1) is 19.5. The van der Waals surface area contributed by atoms with E-state index in [-0.39, 0.29) is 30.8 Å². The van der Waals surface area contributed by atoms with Crippen molar-refractivity contribution in [1.29, 1.82) is 0 Å². The highest BCUT2D eigenvalue weighted by atomic mass is 35.5. The highest BCUT2D eigenvalue weighted by Gasteiger charge is 2.54. The largest absolute Gasteiger partial charge is 0.494 e. The molecule has 1 saturated carbocycles. The minimum Gasteiger partial charge on any atom is -0.494 e. The van der Waals surface area contributed by atoms with E-state index >= 15 is 0 Å². The number of amides is 1. The molecule has 2 atom stereocenters. The molecule has 0 unspecified atom stereocenters. The van der Waals surface area contributed by atoms with E-state index < -0.39 is 11.4 Å². The maximum atomic E-state index is 12.2. The van der Waals surface area contributed by atoms with Gasteiger partial charge in [-0.15, -0.1) is 12.4 Å². The minimum absolute atomic E-state index is 0. The fraction of sp³-hybridized carbons (Fsp3) is 0.556. The topological polar surface area (TPSA) is 78.9 Å². The van der Waals surface area contributed by atoms with Gasteiger partial charge in [0.25, 0.3) is 0 Å². The number of carboxylic acids is 1. The Labute approximate surface area is 153 Å². The molecule has 1 aliphatic carbocycles. The molecule has 1 amide bonds. The van der Waals surface area contributed by atoms with Crippen LogP contribution >= 0.6 is 12.4 Å². The Kier molecular flexibility index (Phi) is 6.30. The van der Waals surface area contributed by atoms with E-state index in [4.69, 9.17) is 4.74 Å². The molecule has 6 nitrogen and oxygen atoms in total. The van der Waals surface area contributed by atoms with Gasteiger partial charge in [0.1, 0.15) is 5.75 Å². The van der Waals surface area contributed by atoms with Gasteiger partial charge in [0.2, 0.25) is 5.91 Å². The lowest BCUT2D eigenvalue weighted by Crippen LogP contribution is -2.37.